The van der Waals surface area contributed by atoms with Crippen LogP contribution in [0.5, 0.6) is 5.75 Å². The number of ether oxygens (including phenoxy) is 1. The molecule has 0 saturated carbocycles. The first kappa shape index (κ1) is 21.3. The van der Waals surface area contributed by atoms with Gasteiger partial charge in [-0.2, -0.15) is 13.2 Å². The molecule has 2 aromatic rings. The van der Waals surface area contributed by atoms with Gasteiger partial charge in [-0.25, -0.2) is 8.42 Å². The van der Waals surface area contributed by atoms with Gasteiger partial charge in [-0.3, -0.25) is 9.10 Å². The molecule has 0 bridgehead atoms. The minimum atomic E-state index is -4.55. The van der Waals surface area contributed by atoms with E-state index in [2.05, 4.69) is 5.32 Å². The number of anilines is 2. The molecule has 29 heavy (non-hydrogen) atoms. The van der Waals surface area contributed by atoms with Crippen molar-refractivity contribution in [3.63, 3.8) is 0 Å². The number of hydrogen-bond acceptors (Lipinski definition) is 4. The lowest BCUT2D eigenvalue weighted by Gasteiger charge is -2.21. The number of nitrogens with one attached hydrogen (secondary N) is 1. The molecular formula is C18H16ClF3N2O4S. The van der Waals surface area contributed by atoms with Gasteiger partial charge in [0.2, 0.25) is 10.0 Å². The highest BCUT2D eigenvalue weighted by Crippen LogP contribution is 2.36. The second-order valence-electron chi connectivity index (χ2n) is 6.41. The lowest BCUT2D eigenvalue weighted by molar-refractivity contribution is -0.137. The largest absolute Gasteiger partial charge is 0.478 e. The van der Waals surface area contributed by atoms with Gasteiger partial charge in [-0.15, -0.1) is 0 Å². The van der Waals surface area contributed by atoms with Gasteiger partial charge in [0.25, 0.3) is 5.91 Å². The zero-order chi connectivity index (χ0) is 21.4. The number of sulfonamides is 1. The average Bonchev–Trinajstić information content (AvgIpc) is 2.80. The van der Waals surface area contributed by atoms with Crippen LogP contribution in [0.15, 0.2) is 42.5 Å². The first-order valence-corrected chi connectivity index (χ1v) is 10.6. The van der Waals surface area contributed by atoms with E-state index >= 15 is 0 Å². The lowest BCUT2D eigenvalue weighted by Crippen LogP contribution is -2.36. The van der Waals surface area contributed by atoms with Gasteiger partial charge in [0.1, 0.15) is 5.75 Å². The second-order valence-corrected chi connectivity index (χ2v) is 8.75. The molecule has 1 heterocycles. The third-order valence-electron chi connectivity index (χ3n) is 4.20. The van der Waals surface area contributed by atoms with Gasteiger partial charge >= 0.3 is 6.18 Å². The van der Waals surface area contributed by atoms with Crippen molar-refractivity contribution in [2.75, 3.05) is 22.4 Å². The van der Waals surface area contributed by atoms with Crippen molar-refractivity contribution in [3.8, 4) is 5.75 Å². The van der Waals surface area contributed by atoms with Gasteiger partial charge in [0, 0.05) is 23.7 Å². The Morgan fingerprint density at radius 2 is 1.97 bits per heavy atom. The van der Waals surface area contributed by atoms with Crippen LogP contribution in [-0.2, 0) is 21.0 Å². The fourth-order valence-corrected chi connectivity index (χ4v) is 3.98. The molecule has 3 rings (SSSR count). The van der Waals surface area contributed by atoms with Crippen molar-refractivity contribution >= 4 is 38.9 Å². The highest BCUT2D eigenvalue weighted by Gasteiger charge is 2.33. The number of alkyl halides is 3. The molecule has 1 atom stereocenters. The maximum absolute atomic E-state index is 12.9. The summed E-state index contributed by atoms with van der Waals surface area (Å²) < 4.78 is 69.6. The first-order chi connectivity index (χ1) is 13.4. The standard InChI is InChI=1S/C18H16ClF3N2O4S/c1-29(26,27)24-8-7-16(28-15-6-5-12(19)10-14(15)24)17(25)23-13-4-2-3-11(9-13)18(20,21)22/h2-6,9-10,16H,7-8H2,1H3,(H,23,25). The molecule has 11 heteroatoms. The number of hydrogen-bond donors (Lipinski definition) is 1. The van der Waals surface area contributed by atoms with Crippen LogP contribution >= 0.6 is 11.6 Å². The van der Waals surface area contributed by atoms with E-state index in [4.69, 9.17) is 16.3 Å². The molecule has 0 aliphatic carbocycles. The smallest absolute Gasteiger partial charge is 0.416 e. The normalized spacial score (nSPS) is 17.1. The Bertz CT molecular complexity index is 1040. The molecule has 6 nitrogen and oxygen atoms in total. The first-order valence-electron chi connectivity index (χ1n) is 8.37. The molecule has 1 aliphatic rings. The minimum Gasteiger partial charge on any atom is -0.478 e. The Morgan fingerprint density at radius 3 is 2.62 bits per heavy atom. The average molecular weight is 449 g/mol. The third-order valence-corrected chi connectivity index (χ3v) is 5.62. The molecule has 1 N–H and O–H groups in total. The Kier molecular flexibility index (Phi) is 5.68. The van der Waals surface area contributed by atoms with Crippen LogP contribution < -0.4 is 14.4 Å². The predicted octanol–water partition coefficient (Wildman–Crippen LogP) is 3.91. The fourth-order valence-electron chi connectivity index (χ4n) is 2.88. The number of carbonyl (C=O) groups is 1. The summed E-state index contributed by atoms with van der Waals surface area (Å²) in [5.41, 5.74) is -0.760. The van der Waals surface area contributed by atoms with Crippen molar-refractivity contribution in [2.24, 2.45) is 0 Å². The van der Waals surface area contributed by atoms with Crippen LogP contribution in [0.1, 0.15) is 12.0 Å². The molecule has 0 saturated heterocycles. The van der Waals surface area contributed by atoms with Gasteiger partial charge < -0.3 is 10.1 Å². The fraction of sp³-hybridized carbons (Fsp3) is 0.278. The monoisotopic (exact) mass is 448 g/mol. The van der Waals surface area contributed by atoms with Gasteiger partial charge in [-0.1, -0.05) is 17.7 Å². The predicted molar refractivity (Wildman–Crippen MR) is 103 cm³/mol. The number of rotatable bonds is 3. The molecular weight excluding hydrogens is 433 g/mol. The van der Waals surface area contributed by atoms with Crippen molar-refractivity contribution in [1.29, 1.82) is 0 Å². The Balaban J connectivity index is 1.85. The quantitative estimate of drug-likeness (QED) is 0.772. The van der Waals surface area contributed by atoms with Gasteiger partial charge in [0.05, 0.1) is 17.5 Å². The highest BCUT2D eigenvalue weighted by molar-refractivity contribution is 7.92. The third kappa shape index (κ3) is 4.94. The van der Waals surface area contributed by atoms with Crippen LogP contribution in [-0.4, -0.2) is 33.2 Å². The highest BCUT2D eigenvalue weighted by atomic mass is 35.5. The molecule has 1 amide bonds. The summed E-state index contributed by atoms with van der Waals surface area (Å²) in [5, 5.41) is 2.67. The molecule has 0 spiro atoms. The number of nitrogens with zero attached hydrogens (tertiary/aromatic N) is 1. The number of benzene rings is 2. The number of amides is 1. The Labute approximate surface area is 170 Å². The van der Waals surface area contributed by atoms with E-state index in [1.165, 1.54) is 30.3 Å². The maximum Gasteiger partial charge on any atom is 0.416 e. The van der Waals surface area contributed by atoms with Crippen molar-refractivity contribution in [3.05, 3.63) is 53.1 Å². The molecule has 1 aliphatic heterocycles. The second kappa shape index (κ2) is 7.75. The summed E-state index contributed by atoms with van der Waals surface area (Å²) >= 11 is 5.95. The molecule has 2 aromatic carbocycles. The van der Waals surface area contributed by atoms with E-state index in [-0.39, 0.29) is 35.1 Å². The van der Waals surface area contributed by atoms with Gasteiger partial charge in [-0.05, 0) is 36.4 Å². The summed E-state index contributed by atoms with van der Waals surface area (Å²) in [5.74, 6) is -0.568. The lowest BCUT2D eigenvalue weighted by atomic mass is 10.2. The molecule has 1 unspecified atom stereocenters. The summed E-state index contributed by atoms with van der Waals surface area (Å²) in [6.45, 7) is -0.0626. The van der Waals surface area contributed by atoms with Crippen LogP contribution in [0.3, 0.4) is 0 Å². The van der Waals surface area contributed by atoms with Crippen molar-refractivity contribution < 1.29 is 31.1 Å². The van der Waals surface area contributed by atoms with Crippen molar-refractivity contribution in [2.45, 2.75) is 18.7 Å². The summed E-state index contributed by atoms with van der Waals surface area (Å²) in [6.07, 6.45) is -4.66. The van der Waals surface area contributed by atoms with Gasteiger partial charge in [0.15, 0.2) is 6.10 Å². The van der Waals surface area contributed by atoms with E-state index in [1.807, 2.05) is 0 Å². The SMILES string of the molecule is CS(=O)(=O)N1CCC(C(=O)Nc2cccc(C(F)(F)F)c2)Oc2ccc(Cl)cc21. The Hall–Kier alpha value is -2.46. The van der Waals surface area contributed by atoms with Crippen molar-refractivity contribution in [1.82, 2.24) is 0 Å². The van der Waals surface area contributed by atoms with Crippen LogP contribution in [0.25, 0.3) is 0 Å². The summed E-state index contributed by atoms with van der Waals surface area (Å²) in [4.78, 5) is 12.6. The van der Waals surface area contributed by atoms with E-state index in [0.717, 1.165) is 22.7 Å². The van der Waals surface area contributed by atoms with Crippen LogP contribution in [0.4, 0.5) is 24.5 Å². The number of halogens is 4. The molecule has 0 aromatic heterocycles. The van der Waals surface area contributed by atoms with E-state index in [9.17, 15) is 26.4 Å². The summed E-state index contributed by atoms with van der Waals surface area (Å²) in [7, 11) is -3.67. The van der Waals surface area contributed by atoms with E-state index < -0.39 is 33.8 Å². The van der Waals surface area contributed by atoms with E-state index in [0.29, 0.717) is 0 Å². The number of fused-ring (bicyclic) bond motifs is 1. The zero-order valence-electron chi connectivity index (χ0n) is 15.0. The molecule has 156 valence electrons. The van der Waals surface area contributed by atoms with Crippen LogP contribution in [0.2, 0.25) is 5.02 Å². The number of carbonyl (C=O) groups excluding carboxylic acids is 1. The minimum absolute atomic E-state index is 0.00976. The summed E-state index contributed by atoms with van der Waals surface area (Å²) in [6, 6.07) is 8.52. The maximum atomic E-state index is 12.9. The van der Waals surface area contributed by atoms with Crippen LogP contribution in [0, 0.1) is 0 Å². The zero-order valence-corrected chi connectivity index (χ0v) is 16.6. The molecule has 0 radical (unpaired) electrons. The van der Waals surface area contributed by atoms with E-state index in [1.54, 1.807) is 0 Å². The topological polar surface area (TPSA) is 75.7 Å². The Morgan fingerprint density at radius 1 is 1.24 bits per heavy atom. The molecule has 0 fully saturated rings.